The van der Waals surface area contributed by atoms with E-state index in [1.54, 1.807) is 0 Å². The van der Waals surface area contributed by atoms with Gasteiger partial charge in [0.1, 0.15) is 6.04 Å². The normalized spacial score (nSPS) is 22.6. The Morgan fingerprint density at radius 1 is 1.35 bits per heavy atom. The molecular weight excluding hydrogens is 248 g/mol. The van der Waals surface area contributed by atoms with Gasteiger partial charge in [-0.3, -0.25) is 4.79 Å². The summed E-state index contributed by atoms with van der Waals surface area (Å²) >= 11 is 0. The third-order valence-corrected chi connectivity index (χ3v) is 4.37. The van der Waals surface area contributed by atoms with E-state index in [-0.39, 0.29) is 17.2 Å². The van der Waals surface area contributed by atoms with Gasteiger partial charge in [0.05, 0.1) is 6.07 Å². The van der Waals surface area contributed by atoms with Crippen LogP contribution in [-0.2, 0) is 4.79 Å². The van der Waals surface area contributed by atoms with Crippen molar-refractivity contribution in [2.45, 2.75) is 45.6 Å². The maximum absolute atomic E-state index is 12.5. The van der Waals surface area contributed by atoms with Crippen molar-refractivity contribution in [1.82, 2.24) is 5.32 Å². The highest BCUT2D eigenvalue weighted by atomic mass is 16.2. The molecule has 1 N–H and O–H groups in total. The first-order chi connectivity index (χ1) is 9.54. The van der Waals surface area contributed by atoms with Crippen molar-refractivity contribution in [3.8, 4) is 6.07 Å². The Kier molecular flexibility index (Phi) is 4.44. The number of carbonyl (C=O) groups excluding carboxylic acids is 1. The van der Waals surface area contributed by atoms with Gasteiger partial charge in [-0.15, -0.1) is 0 Å². The molecule has 3 heteroatoms. The van der Waals surface area contributed by atoms with E-state index in [0.29, 0.717) is 0 Å². The summed E-state index contributed by atoms with van der Waals surface area (Å²) in [4.78, 5) is 12.5. The predicted molar refractivity (Wildman–Crippen MR) is 78.7 cm³/mol. The molecule has 0 heterocycles. The lowest BCUT2D eigenvalue weighted by atomic mass is 9.68. The summed E-state index contributed by atoms with van der Waals surface area (Å²) in [5, 5.41) is 12.2. The van der Waals surface area contributed by atoms with Gasteiger partial charge in [-0.2, -0.15) is 5.26 Å². The molecule has 1 fully saturated rings. The summed E-state index contributed by atoms with van der Waals surface area (Å²) in [6, 6.07) is 11.1. The van der Waals surface area contributed by atoms with E-state index in [4.69, 9.17) is 0 Å². The fourth-order valence-corrected chi connectivity index (χ4v) is 3.06. The molecule has 1 aromatic carbocycles. The molecule has 1 amide bonds. The van der Waals surface area contributed by atoms with E-state index in [9.17, 15) is 10.1 Å². The standard InChI is InChI=1S/C17H22N2O/c1-17(2)11-7-6-10-14(17)16(20)19-15(12-18)13-8-4-3-5-9-13/h3-5,8-9,14-15H,6-7,10-11H2,1-2H3,(H,19,20). The molecule has 0 aliphatic heterocycles. The Hall–Kier alpha value is -1.82. The topological polar surface area (TPSA) is 52.9 Å². The lowest BCUT2D eigenvalue weighted by Crippen LogP contribution is -2.42. The molecule has 20 heavy (non-hydrogen) atoms. The zero-order valence-electron chi connectivity index (χ0n) is 12.2. The van der Waals surface area contributed by atoms with Crippen LogP contribution in [0.1, 0.15) is 51.1 Å². The molecule has 2 atom stereocenters. The third kappa shape index (κ3) is 3.19. The largest absolute Gasteiger partial charge is 0.336 e. The third-order valence-electron chi connectivity index (χ3n) is 4.37. The highest BCUT2D eigenvalue weighted by Crippen LogP contribution is 2.40. The van der Waals surface area contributed by atoms with E-state index in [1.165, 1.54) is 6.42 Å². The zero-order chi connectivity index (χ0) is 14.6. The van der Waals surface area contributed by atoms with Crippen molar-refractivity contribution >= 4 is 5.91 Å². The SMILES string of the molecule is CC1(C)CCCCC1C(=O)NC(C#N)c1ccccc1. The Morgan fingerprint density at radius 2 is 2.05 bits per heavy atom. The van der Waals surface area contributed by atoms with Crippen LogP contribution in [0.5, 0.6) is 0 Å². The summed E-state index contributed by atoms with van der Waals surface area (Å²) in [6.07, 6.45) is 4.29. The van der Waals surface area contributed by atoms with Gasteiger partial charge in [-0.05, 0) is 23.8 Å². The van der Waals surface area contributed by atoms with Crippen LogP contribution >= 0.6 is 0 Å². The molecule has 106 valence electrons. The number of carbonyl (C=O) groups is 1. The molecule has 1 aliphatic rings. The Balaban J connectivity index is 2.08. The van der Waals surface area contributed by atoms with Crippen LogP contribution in [-0.4, -0.2) is 5.91 Å². The molecule has 0 bridgehead atoms. The molecule has 2 rings (SSSR count). The number of nitrogens with zero attached hydrogens (tertiary/aromatic N) is 1. The number of nitrogens with one attached hydrogen (secondary N) is 1. The number of hydrogen-bond acceptors (Lipinski definition) is 2. The average molecular weight is 270 g/mol. The number of rotatable bonds is 3. The molecule has 0 saturated heterocycles. The summed E-state index contributed by atoms with van der Waals surface area (Å²) in [6.45, 7) is 4.31. The van der Waals surface area contributed by atoms with Crippen LogP contribution in [0.4, 0.5) is 0 Å². The number of benzene rings is 1. The van der Waals surface area contributed by atoms with E-state index in [0.717, 1.165) is 24.8 Å². The van der Waals surface area contributed by atoms with Gasteiger partial charge in [-0.1, -0.05) is 57.0 Å². The van der Waals surface area contributed by atoms with Crippen LogP contribution in [0.25, 0.3) is 0 Å². The lowest BCUT2D eigenvalue weighted by Gasteiger charge is -2.37. The minimum Gasteiger partial charge on any atom is -0.336 e. The highest BCUT2D eigenvalue weighted by Gasteiger charge is 2.37. The van der Waals surface area contributed by atoms with Crippen LogP contribution in [0.2, 0.25) is 0 Å². The quantitative estimate of drug-likeness (QED) is 0.912. The zero-order valence-corrected chi connectivity index (χ0v) is 12.2. The lowest BCUT2D eigenvalue weighted by molar-refractivity contribution is -0.130. The van der Waals surface area contributed by atoms with Gasteiger partial charge in [0.25, 0.3) is 0 Å². The first-order valence-electron chi connectivity index (χ1n) is 7.29. The Morgan fingerprint density at radius 3 is 2.65 bits per heavy atom. The first kappa shape index (κ1) is 14.6. The van der Waals surface area contributed by atoms with E-state index in [2.05, 4.69) is 25.2 Å². The number of hydrogen-bond donors (Lipinski definition) is 1. The van der Waals surface area contributed by atoms with Crippen LogP contribution in [0, 0.1) is 22.7 Å². The fourth-order valence-electron chi connectivity index (χ4n) is 3.06. The predicted octanol–water partition coefficient (Wildman–Crippen LogP) is 3.58. The van der Waals surface area contributed by atoms with Crippen LogP contribution in [0.3, 0.4) is 0 Å². The molecule has 0 aromatic heterocycles. The summed E-state index contributed by atoms with van der Waals surface area (Å²) in [5.74, 6) is 0.0286. The molecule has 1 aliphatic carbocycles. The van der Waals surface area contributed by atoms with E-state index in [1.807, 2.05) is 30.3 Å². The summed E-state index contributed by atoms with van der Waals surface area (Å²) < 4.78 is 0. The Bertz CT molecular complexity index is 501. The Labute approximate surface area is 121 Å². The molecule has 0 spiro atoms. The summed E-state index contributed by atoms with van der Waals surface area (Å²) in [7, 11) is 0. The average Bonchev–Trinajstić information content (AvgIpc) is 2.45. The molecule has 1 saturated carbocycles. The molecule has 3 nitrogen and oxygen atoms in total. The van der Waals surface area contributed by atoms with Crippen molar-refractivity contribution in [2.75, 3.05) is 0 Å². The monoisotopic (exact) mass is 270 g/mol. The second-order valence-electron chi connectivity index (χ2n) is 6.27. The highest BCUT2D eigenvalue weighted by molar-refractivity contribution is 5.80. The fraction of sp³-hybridized carbons (Fsp3) is 0.529. The molecule has 1 aromatic rings. The minimum atomic E-state index is -0.554. The van der Waals surface area contributed by atoms with Crippen LogP contribution < -0.4 is 5.32 Å². The van der Waals surface area contributed by atoms with E-state index >= 15 is 0 Å². The van der Waals surface area contributed by atoms with Gasteiger partial charge in [-0.25, -0.2) is 0 Å². The number of nitriles is 1. The summed E-state index contributed by atoms with van der Waals surface area (Å²) in [5.41, 5.74) is 0.871. The maximum atomic E-state index is 12.5. The first-order valence-corrected chi connectivity index (χ1v) is 7.29. The van der Waals surface area contributed by atoms with Crippen molar-refractivity contribution in [3.05, 3.63) is 35.9 Å². The number of amides is 1. The van der Waals surface area contributed by atoms with Gasteiger partial charge in [0, 0.05) is 5.92 Å². The van der Waals surface area contributed by atoms with Crippen molar-refractivity contribution in [3.63, 3.8) is 0 Å². The van der Waals surface area contributed by atoms with Gasteiger partial charge >= 0.3 is 0 Å². The van der Waals surface area contributed by atoms with Gasteiger partial charge in [0.15, 0.2) is 0 Å². The smallest absolute Gasteiger partial charge is 0.224 e. The molecule has 0 radical (unpaired) electrons. The molecular formula is C17H22N2O. The van der Waals surface area contributed by atoms with Gasteiger partial charge in [0.2, 0.25) is 5.91 Å². The molecule has 2 unspecified atom stereocenters. The maximum Gasteiger partial charge on any atom is 0.224 e. The second kappa shape index (κ2) is 6.09. The van der Waals surface area contributed by atoms with Gasteiger partial charge < -0.3 is 5.32 Å². The van der Waals surface area contributed by atoms with Crippen molar-refractivity contribution < 1.29 is 4.79 Å². The van der Waals surface area contributed by atoms with Crippen molar-refractivity contribution in [1.29, 1.82) is 5.26 Å². The van der Waals surface area contributed by atoms with Crippen LogP contribution in [0.15, 0.2) is 30.3 Å². The second-order valence-corrected chi connectivity index (χ2v) is 6.27. The minimum absolute atomic E-state index is 0.0100. The van der Waals surface area contributed by atoms with E-state index < -0.39 is 6.04 Å². The van der Waals surface area contributed by atoms with Crippen molar-refractivity contribution in [2.24, 2.45) is 11.3 Å².